The van der Waals surface area contributed by atoms with Crippen LogP contribution in [-0.4, -0.2) is 29.1 Å². The van der Waals surface area contributed by atoms with Crippen LogP contribution in [0.2, 0.25) is 0 Å². The van der Waals surface area contributed by atoms with Gasteiger partial charge in [-0.3, -0.25) is 0 Å². The number of nitrogens with zero attached hydrogens (tertiary/aromatic N) is 4. The van der Waals surface area contributed by atoms with Gasteiger partial charge in [0.25, 0.3) is 5.89 Å². The third-order valence-electron chi connectivity index (χ3n) is 1.91. The van der Waals surface area contributed by atoms with Crippen molar-refractivity contribution in [1.82, 2.24) is 15.0 Å². The predicted octanol–water partition coefficient (Wildman–Crippen LogP) is 1.73. The van der Waals surface area contributed by atoms with Gasteiger partial charge in [0.2, 0.25) is 0 Å². The van der Waals surface area contributed by atoms with Crippen LogP contribution >= 0.6 is 11.3 Å². The molecule has 0 spiro atoms. The zero-order chi connectivity index (χ0) is 11.5. The van der Waals surface area contributed by atoms with E-state index in [-0.39, 0.29) is 0 Å². The second kappa shape index (κ2) is 4.43. The highest BCUT2D eigenvalue weighted by Crippen LogP contribution is 2.27. The number of thiophene rings is 1. The predicted molar refractivity (Wildman–Crippen MR) is 59.7 cm³/mol. The van der Waals surface area contributed by atoms with Crippen LogP contribution in [0.1, 0.15) is 11.4 Å². The smallest absolute Gasteiger partial charge is 0.269 e. The lowest BCUT2D eigenvalue weighted by atomic mass is 10.3. The fourth-order valence-electron chi connectivity index (χ4n) is 1.26. The van der Waals surface area contributed by atoms with Crippen molar-refractivity contribution in [2.75, 3.05) is 14.1 Å². The maximum Gasteiger partial charge on any atom is 0.269 e. The molecule has 0 fully saturated rings. The van der Waals surface area contributed by atoms with E-state index in [2.05, 4.69) is 16.2 Å². The molecule has 6 heteroatoms. The molecule has 0 aromatic carbocycles. The average Bonchev–Trinajstić information content (AvgIpc) is 2.83. The minimum absolute atomic E-state index is 0.420. The molecule has 2 aromatic rings. The van der Waals surface area contributed by atoms with Gasteiger partial charge in [-0.05, 0) is 25.5 Å². The molecule has 0 saturated heterocycles. The largest absolute Gasteiger partial charge is 0.333 e. The standard InChI is InChI=1S/C10H10N4OS/c1-14(2)6-8-12-10(15-13-8)9-7(5-11)3-4-16-9/h3-4H,6H2,1-2H3. The molecular weight excluding hydrogens is 224 g/mol. The van der Waals surface area contributed by atoms with Gasteiger partial charge in [0.05, 0.1) is 12.1 Å². The Morgan fingerprint density at radius 2 is 2.38 bits per heavy atom. The monoisotopic (exact) mass is 234 g/mol. The fraction of sp³-hybridized carbons (Fsp3) is 0.300. The van der Waals surface area contributed by atoms with Crippen LogP contribution in [0.3, 0.4) is 0 Å². The van der Waals surface area contributed by atoms with Gasteiger partial charge in [-0.25, -0.2) is 0 Å². The lowest BCUT2D eigenvalue weighted by molar-refractivity contribution is 0.366. The summed E-state index contributed by atoms with van der Waals surface area (Å²) in [6, 6.07) is 3.84. The molecule has 2 rings (SSSR count). The van der Waals surface area contributed by atoms with Crippen molar-refractivity contribution in [3.63, 3.8) is 0 Å². The van der Waals surface area contributed by atoms with Gasteiger partial charge >= 0.3 is 0 Å². The quantitative estimate of drug-likeness (QED) is 0.809. The summed E-state index contributed by atoms with van der Waals surface area (Å²) < 4.78 is 5.12. The zero-order valence-electron chi connectivity index (χ0n) is 8.97. The Morgan fingerprint density at radius 3 is 3.06 bits per heavy atom. The van der Waals surface area contributed by atoms with Crippen molar-refractivity contribution in [1.29, 1.82) is 5.26 Å². The molecule has 0 unspecified atom stereocenters. The van der Waals surface area contributed by atoms with Gasteiger partial charge in [-0.1, -0.05) is 5.16 Å². The summed E-state index contributed by atoms with van der Waals surface area (Å²) in [5.74, 6) is 1.04. The van der Waals surface area contributed by atoms with E-state index < -0.39 is 0 Å². The Labute approximate surface area is 96.9 Å². The Balaban J connectivity index is 2.29. The number of nitriles is 1. The fourth-order valence-corrected chi connectivity index (χ4v) is 2.02. The summed E-state index contributed by atoms with van der Waals surface area (Å²) in [6.45, 7) is 0.622. The lowest BCUT2D eigenvalue weighted by Crippen LogP contribution is -2.11. The summed E-state index contributed by atoms with van der Waals surface area (Å²) >= 11 is 1.43. The lowest BCUT2D eigenvalue weighted by Gasteiger charge is -2.03. The minimum Gasteiger partial charge on any atom is -0.333 e. The molecule has 2 aromatic heterocycles. The Kier molecular flexibility index (Phi) is 2.99. The molecule has 82 valence electrons. The highest BCUT2D eigenvalue weighted by Gasteiger charge is 2.14. The van der Waals surface area contributed by atoms with Crippen molar-refractivity contribution >= 4 is 11.3 Å². The first-order valence-corrected chi connectivity index (χ1v) is 5.54. The molecule has 0 radical (unpaired) electrons. The number of hydrogen-bond acceptors (Lipinski definition) is 6. The summed E-state index contributed by atoms with van der Waals surface area (Å²) in [5.41, 5.74) is 0.574. The highest BCUT2D eigenvalue weighted by molar-refractivity contribution is 7.13. The van der Waals surface area contributed by atoms with Crippen LogP contribution in [0.5, 0.6) is 0 Å². The molecule has 0 aliphatic carbocycles. The van der Waals surface area contributed by atoms with E-state index >= 15 is 0 Å². The first-order valence-electron chi connectivity index (χ1n) is 4.66. The van der Waals surface area contributed by atoms with Gasteiger partial charge in [0.15, 0.2) is 5.82 Å². The molecular formula is C10H10N4OS. The van der Waals surface area contributed by atoms with Gasteiger partial charge in [0.1, 0.15) is 10.9 Å². The van der Waals surface area contributed by atoms with Crippen LogP contribution in [0.15, 0.2) is 16.0 Å². The zero-order valence-corrected chi connectivity index (χ0v) is 9.78. The Hall–Kier alpha value is -1.71. The first-order chi connectivity index (χ1) is 7.70. The van der Waals surface area contributed by atoms with Crippen LogP contribution < -0.4 is 0 Å². The molecule has 5 nitrogen and oxygen atoms in total. The molecule has 0 atom stereocenters. The normalized spacial score (nSPS) is 10.6. The van der Waals surface area contributed by atoms with Crippen LogP contribution in [0.4, 0.5) is 0 Å². The second-order valence-electron chi connectivity index (χ2n) is 3.53. The molecule has 0 amide bonds. The van der Waals surface area contributed by atoms with E-state index in [0.717, 1.165) is 4.88 Å². The maximum atomic E-state index is 8.88. The minimum atomic E-state index is 0.420. The first kappa shape index (κ1) is 10.8. The number of aromatic nitrogens is 2. The van der Waals surface area contributed by atoms with Gasteiger partial charge in [0, 0.05) is 0 Å². The van der Waals surface area contributed by atoms with Crippen molar-refractivity contribution in [3.05, 3.63) is 22.8 Å². The van der Waals surface area contributed by atoms with E-state index in [4.69, 9.17) is 9.78 Å². The van der Waals surface area contributed by atoms with E-state index in [9.17, 15) is 0 Å². The Bertz CT molecular complexity index is 523. The van der Waals surface area contributed by atoms with Gasteiger partial charge < -0.3 is 9.42 Å². The molecule has 2 heterocycles. The second-order valence-corrected chi connectivity index (χ2v) is 4.44. The van der Waals surface area contributed by atoms with Crippen molar-refractivity contribution < 1.29 is 4.52 Å². The summed E-state index contributed by atoms with van der Waals surface area (Å²) in [4.78, 5) is 6.93. The summed E-state index contributed by atoms with van der Waals surface area (Å²) in [5, 5.41) is 14.6. The van der Waals surface area contributed by atoms with Gasteiger partial charge in [-0.15, -0.1) is 11.3 Å². The molecule has 0 N–H and O–H groups in total. The number of rotatable bonds is 3. The molecule has 0 aliphatic rings. The molecule has 16 heavy (non-hydrogen) atoms. The van der Waals surface area contributed by atoms with Crippen molar-refractivity contribution in [2.45, 2.75) is 6.54 Å². The van der Waals surface area contributed by atoms with E-state index in [0.29, 0.717) is 23.8 Å². The topological polar surface area (TPSA) is 66.0 Å². The van der Waals surface area contributed by atoms with Crippen molar-refractivity contribution in [3.8, 4) is 16.8 Å². The Morgan fingerprint density at radius 1 is 1.56 bits per heavy atom. The third-order valence-corrected chi connectivity index (χ3v) is 2.81. The maximum absolute atomic E-state index is 8.88. The molecule has 0 aliphatic heterocycles. The van der Waals surface area contributed by atoms with E-state index in [1.165, 1.54) is 11.3 Å². The van der Waals surface area contributed by atoms with Crippen LogP contribution in [-0.2, 0) is 6.54 Å². The molecule has 0 bridgehead atoms. The van der Waals surface area contributed by atoms with E-state index in [1.54, 1.807) is 6.07 Å². The highest BCUT2D eigenvalue weighted by atomic mass is 32.1. The summed E-state index contributed by atoms with van der Waals surface area (Å²) in [6.07, 6.45) is 0. The SMILES string of the molecule is CN(C)Cc1noc(-c2sccc2C#N)n1. The third kappa shape index (κ3) is 2.10. The van der Waals surface area contributed by atoms with Crippen LogP contribution in [0, 0.1) is 11.3 Å². The summed E-state index contributed by atoms with van der Waals surface area (Å²) in [7, 11) is 3.86. The van der Waals surface area contributed by atoms with E-state index in [1.807, 2.05) is 24.4 Å². The number of hydrogen-bond donors (Lipinski definition) is 0. The van der Waals surface area contributed by atoms with Crippen molar-refractivity contribution in [2.24, 2.45) is 0 Å². The molecule has 0 saturated carbocycles. The average molecular weight is 234 g/mol. The van der Waals surface area contributed by atoms with Crippen LogP contribution in [0.25, 0.3) is 10.8 Å². The van der Waals surface area contributed by atoms with Gasteiger partial charge in [-0.2, -0.15) is 10.2 Å².